The topological polar surface area (TPSA) is 154 Å². The van der Waals surface area contributed by atoms with Gasteiger partial charge in [-0.3, -0.25) is 24.6 Å². The van der Waals surface area contributed by atoms with E-state index in [9.17, 15) is 29.3 Å². The van der Waals surface area contributed by atoms with Gasteiger partial charge in [0.2, 0.25) is 5.91 Å². The van der Waals surface area contributed by atoms with Crippen LogP contribution >= 0.6 is 23.1 Å². The molecule has 2 amide bonds. The van der Waals surface area contributed by atoms with E-state index in [0.29, 0.717) is 16.7 Å². The fraction of sp³-hybridized carbons (Fsp3) is 0.176. The first-order chi connectivity index (χ1) is 23.3. The van der Waals surface area contributed by atoms with Gasteiger partial charge in [-0.2, -0.15) is 0 Å². The number of thiophene rings is 1. The average molecular weight is 686 g/mol. The lowest BCUT2D eigenvalue weighted by molar-refractivity contribution is -0.384. The van der Waals surface area contributed by atoms with Crippen LogP contribution < -0.4 is 10.1 Å². The van der Waals surface area contributed by atoms with E-state index in [-0.39, 0.29) is 35.2 Å². The van der Waals surface area contributed by atoms with Crippen LogP contribution in [0.3, 0.4) is 0 Å². The largest absolute Gasteiger partial charge is 0.514 e. The number of β-lactam (4-membered cyclic amide) rings is 1. The van der Waals surface area contributed by atoms with Gasteiger partial charge in [0.25, 0.3) is 11.6 Å². The molecule has 0 radical (unpaired) electrons. The third kappa shape index (κ3) is 7.24. The van der Waals surface area contributed by atoms with E-state index in [1.165, 1.54) is 52.3 Å². The van der Waals surface area contributed by atoms with Crippen molar-refractivity contribution < 1.29 is 38.3 Å². The smallest absolute Gasteiger partial charge is 0.448 e. The minimum absolute atomic E-state index is 0.0184. The molecule has 0 spiro atoms. The van der Waals surface area contributed by atoms with Crippen molar-refractivity contribution in [2.75, 3.05) is 12.4 Å². The highest BCUT2D eigenvalue weighted by atomic mass is 32.2. The van der Waals surface area contributed by atoms with Crippen molar-refractivity contribution in [1.82, 2.24) is 10.2 Å². The summed E-state index contributed by atoms with van der Waals surface area (Å²) in [6.07, 6.45) is -1.81. The zero-order valence-corrected chi connectivity index (χ0v) is 26.7. The van der Waals surface area contributed by atoms with Crippen LogP contribution in [0.2, 0.25) is 0 Å². The van der Waals surface area contributed by atoms with Crippen LogP contribution in [0.4, 0.5) is 10.5 Å². The molecule has 1 N–H and O–H groups in total. The van der Waals surface area contributed by atoms with Gasteiger partial charge >= 0.3 is 12.1 Å². The van der Waals surface area contributed by atoms with Gasteiger partial charge in [-0.05, 0) is 34.7 Å². The van der Waals surface area contributed by atoms with Gasteiger partial charge < -0.3 is 19.5 Å². The molecule has 2 aliphatic heterocycles. The Bertz CT molecular complexity index is 1810. The molecule has 2 atom stereocenters. The molecule has 0 saturated carbocycles. The maximum atomic E-state index is 14.1. The molecule has 1 saturated heterocycles. The minimum atomic E-state index is -1.11. The minimum Gasteiger partial charge on any atom is -0.448 e. The number of nitrogens with one attached hydrogen (secondary N) is 1. The van der Waals surface area contributed by atoms with Crippen LogP contribution in [0.1, 0.15) is 22.1 Å². The molecule has 0 aliphatic carbocycles. The lowest BCUT2D eigenvalue weighted by Gasteiger charge is -2.49. The first kappa shape index (κ1) is 32.5. The van der Waals surface area contributed by atoms with Gasteiger partial charge in [0.15, 0.2) is 6.10 Å². The first-order valence-corrected chi connectivity index (χ1v) is 16.6. The Morgan fingerprint density at radius 3 is 2.21 bits per heavy atom. The highest BCUT2D eigenvalue weighted by molar-refractivity contribution is 8.00. The summed E-state index contributed by atoms with van der Waals surface area (Å²) in [7, 11) is 0. The number of hydrogen-bond acceptors (Lipinski definition) is 11. The number of rotatable bonds is 11. The molecule has 48 heavy (non-hydrogen) atoms. The Hall–Kier alpha value is -5.47. The van der Waals surface area contributed by atoms with Crippen LogP contribution in [-0.2, 0) is 30.3 Å². The number of nitrogens with zero attached hydrogens (tertiary/aromatic N) is 2. The van der Waals surface area contributed by atoms with Gasteiger partial charge in [-0.1, -0.05) is 66.7 Å². The van der Waals surface area contributed by atoms with Crippen molar-refractivity contribution in [3.05, 3.63) is 140 Å². The van der Waals surface area contributed by atoms with Crippen LogP contribution in [0.25, 0.3) is 0 Å². The summed E-state index contributed by atoms with van der Waals surface area (Å²) in [6, 6.07) is 25.9. The third-order valence-electron chi connectivity index (χ3n) is 7.51. The Balaban J connectivity index is 1.23. The summed E-state index contributed by atoms with van der Waals surface area (Å²) >= 11 is 2.74. The third-order valence-corrected chi connectivity index (χ3v) is 9.73. The molecule has 244 valence electrons. The fourth-order valence-corrected chi connectivity index (χ4v) is 7.26. The molecule has 0 bridgehead atoms. The molecule has 2 aliphatic rings. The molecule has 6 rings (SSSR count). The number of nitro groups is 1. The monoisotopic (exact) mass is 685 g/mol. The second-order valence-corrected chi connectivity index (χ2v) is 12.8. The molecular formula is C34H27N3O9S2. The van der Waals surface area contributed by atoms with Crippen LogP contribution in [0.15, 0.2) is 114 Å². The summed E-state index contributed by atoms with van der Waals surface area (Å²) in [5.74, 6) is -1.43. The number of thioether (sulfide) groups is 1. The van der Waals surface area contributed by atoms with E-state index >= 15 is 0 Å². The van der Waals surface area contributed by atoms with Gasteiger partial charge in [-0.15, -0.1) is 23.1 Å². The van der Waals surface area contributed by atoms with Crippen LogP contribution in [0.5, 0.6) is 5.75 Å². The van der Waals surface area contributed by atoms with Crippen molar-refractivity contribution in [2.24, 2.45) is 0 Å². The molecule has 12 nitrogen and oxygen atoms in total. The lowest BCUT2D eigenvalue weighted by atomic mass is 10.0. The van der Waals surface area contributed by atoms with Crippen molar-refractivity contribution in [2.45, 2.75) is 23.9 Å². The van der Waals surface area contributed by atoms with Gasteiger partial charge in [0, 0.05) is 28.3 Å². The average Bonchev–Trinajstić information content (AvgIpc) is 3.62. The van der Waals surface area contributed by atoms with Gasteiger partial charge in [0.05, 0.1) is 11.3 Å². The van der Waals surface area contributed by atoms with E-state index in [1.54, 1.807) is 0 Å². The summed E-state index contributed by atoms with van der Waals surface area (Å²) in [6.45, 7) is -0.406. The Morgan fingerprint density at radius 1 is 0.938 bits per heavy atom. The predicted molar refractivity (Wildman–Crippen MR) is 176 cm³/mol. The normalized spacial score (nSPS) is 16.9. The van der Waals surface area contributed by atoms with Crippen molar-refractivity contribution in [1.29, 1.82) is 0 Å². The zero-order valence-electron chi connectivity index (χ0n) is 25.1. The summed E-state index contributed by atoms with van der Waals surface area (Å²) in [5.41, 5.74) is 1.46. The summed E-state index contributed by atoms with van der Waals surface area (Å²) < 4.78 is 16.6. The Labute approximate surface area is 282 Å². The number of esters is 1. The van der Waals surface area contributed by atoms with Crippen molar-refractivity contribution in [3.8, 4) is 5.75 Å². The number of carbonyl (C=O) groups excluding carboxylic acids is 4. The van der Waals surface area contributed by atoms with E-state index < -0.39 is 47.1 Å². The summed E-state index contributed by atoms with van der Waals surface area (Å²) in [4.78, 5) is 65.4. The molecule has 3 aromatic carbocycles. The fourth-order valence-electron chi connectivity index (χ4n) is 5.23. The number of hydrogen-bond donors (Lipinski definition) is 1. The number of carbonyl (C=O) groups is 4. The number of amides is 2. The highest BCUT2D eigenvalue weighted by Crippen LogP contribution is 2.42. The SMILES string of the molecule is O=C(Cc1cccs1)NC1C(=O)N2C(C(=O)OC(c3ccccc3)c3ccccc3)=C(COC(=O)Oc3ccc([N+](=O)[O-])cc3)CS[C@@H]12. The number of nitro benzene ring substituents is 1. The zero-order chi connectivity index (χ0) is 33.6. The Kier molecular flexibility index (Phi) is 9.83. The maximum absolute atomic E-state index is 14.1. The Morgan fingerprint density at radius 2 is 1.60 bits per heavy atom. The number of fused-ring (bicyclic) bond motifs is 1. The van der Waals surface area contributed by atoms with Gasteiger partial charge in [0.1, 0.15) is 29.5 Å². The van der Waals surface area contributed by atoms with E-state index in [0.717, 1.165) is 4.88 Å². The number of benzene rings is 3. The molecule has 3 heterocycles. The number of non-ortho nitro benzene ring substituents is 1. The highest BCUT2D eigenvalue weighted by Gasteiger charge is 2.54. The second kappa shape index (κ2) is 14.5. The molecule has 14 heteroatoms. The van der Waals surface area contributed by atoms with Gasteiger partial charge in [-0.25, -0.2) is 9.59 Å². The summed E-state index contributed by atoms with van der Waals surface area (Å²) in [5, 5.41) is 15.0. The lowest BCUT2D eigenvalue weighted by Crippen LogP contribution is -2.70. The predicted octanol–water partition coefficient (Wildman–Crippen LogP) is 5.40. The molecule has 1 aromatic heterocycles. The van der Waals surface area contributed by atoms with E-state index in [4.69, 9.17) is 14.2 Å². The van der Waals surface area contributed by atoms with E-state index in [1.807, 2.05) is 78.2 Å². The van der Waals surface area contributed by atoms with Crippen LogP contribution in [0, 0.1) is 10.1 Å². The molecule has 4 aromatic rings. The number of ether oxygens (including phenoxy) is 3. The standard InChI is InChI=1S/C34H27N3O9S2/c38-27(18-26-12-7-17-47-26)35-28-31(39)36-29(33(40)46-30(21-8-3-1-4-9-21)22-10-5-2-6-11-22)23(20-48-32(28)36)19-44-34(41)45-25-15-13-24(14-16-25)37(42)43/h1-17,28,30,32H,18-20H2,(H,35,38)/t28?,32-/m0/s1. The second-order valence-electron chi connectivity index (χ2n) is 10.7. The van der Waals surface area contributed by atoms with E-state index in [2.05, 4.69) is 5.32 Å². The first-order valence-electron chi connectivity index (χ1n) is 14.7. The molecular weight excluding hydrogens is 659 g/mol. The van der Waals surface area contributed by atoms with Crippen molar-refractivity contribution >= 4 is 52.7 Å². The molecule has 1 unspecified atom stereocenters. The van der Waals surface area contributed by atoms with Crippen LogP contribution in [-0.4, -0.2) is 57.5 Å². The van der Waals surface area contributed by atoms with Crippen molar-refractivity contribution in [3.63, 3.8) is 0 Å². The quantitative estimate of drug-likeness (QED) is 0.0714. The maximum Gasteiger partial charge on any atom is 0.514 e. The molecule has 1 fully saturated rings.